The van der Waals surface area contributed by atoms with E-state index in [1.807, 2.05) is 45.9 Å². The molecule has 0 heterocycles. The van der Waals surface area contributed by atoms with Crippen molar-refractivity contribution in [2.45, 2.75) is 40.2 Å². The zero-order valence-corrected chi connectivity index (χ0v) is 12.6. The number of hydrogen-bond donors (Lipinski definition) is 1. The van der Waals surface area contributed by atoms with Crippen molar-refractivity contribution in [1.29, 1.82) is 0 Å². The number of halogens is 1. The fourth-order valence-corrected chi connectivity index (χ4v) is 1.98. The summed E-state index contributed by atoms with van der Waals surface area (Å²) in [6.45, 7) is 9.78. The lowest BCUT2D eigenvalue weighted by molar-refractivity contribution is -0.130. The third-order valence-corrected chi connectivity index (χ3v) is 3.86. The van der Waals surface area contributed by atoms with Crippen LogP contribution in [0.25, 0.3) is 0 Å². The van der Waals surface area contributed by atoms with E-state index >= 15 is 0 Å². The Bertz CT molecular complexity index is 438. The zero-order valence-electron chi connectivity index (χ0n) is 11.8. The van der Waals surface area contributed by atoms with Gasteiger partial charge in [0.2, 0.25) is 5.91 Å². The van der Waals surface area contributed by atoms with Crippen molar-refractivity contribution in [3.05, 3.63) is 35.4 Å². The Balaban J connectivity index is 2.96. The Kier molecular flexibility index (Phi) is 4.44. The molecular weight excluding hydrogens is 246 g/mol. The molecule has 0 fully saturated rings. The first-order chi connectivity index (χ1) is 8.20. The first-order valence-electron chi connectivity index (χ1n) is 6.15. The van der Waals surface area contributed by atoms with Crippen LogP contribution < -0.4 is 5.32 Å². The summed E-state index contributed by atoms with van der Waals surface area (Å²) in [6, 6.07) is 8.08. The molecule has 0 saturated carbocycles. The maximum absolute atomic E-state index is 12.2. The fourth-order valence-electron chi connectivity index (χ4n) is 1.86. The van der Waals surface area contributed by atoms with Crippen LogP contribution >= 0.6 is 11.6 Å². The van der Waals surface area contributed by atoms with Gasteiger partial charge in [-0.05, 0) is 45.7 Å². The van der Waals surface area contributed by atoms with E-state index in [1.165, 1.54) is 5.56 Å². The van der Waals surface area contributed by atoms with Crippen LogP contribution in [0.2, 0.25) is 0 Å². The molecule has 0 aliphatic rings. The first-order valence-corrected chi connectivity index (χ1v) is 6.69. The summed E-state index contributed by atoms with van der Waals surface area (Å²) in [5.74, 6) is 0.286. The Morgan fingerprint density at radius 1 is 1.22 bits per heavy atom. The molecule has 1 aromatic rings. The van der Waals surface area contributed by atoms with Gasteiger partial charge < -0.3 is 5.32 Å². The van der Waals surface area contributed by atoms with Crippen LogP contribution in [0, 0.1) is 12.3 Å². The molecule has 1 rings (SSSR count). The molecule has 0 unspecified atom stereocenters. The number of carbonyl (C=O) groups is 1. The zero-order chi connectivity index (χ0) is 14.0. The van der Waals surface area contributed by atoms with Gasteiger partial charge >= 0.3 is 0 Å². The molecule has 0 bridgehead atoms. The number of nitrogens with one attached hydrogen (secondary N) is 1. The van der Waals surface area contributed by atoms with E-state index in [1.54, 1.807) is 0 Å². The molecule has 0 atom stereocenters. The minimum atomic E-state index is -0.554. The SMILES string of the molecule is Cc1ccccc1C(C)(C)NC(=O)C(C)(C)CCl. The normalized spacial score (nSPS) is 12.3. The molecule has 1 amide bonds. The number of hydrogen-bond acceptors (Lipinski definition) is 1. The lowest BCUT2D eigenvalue weighted by atomic mass is 9.87. The predicted octanol–water partition coefficient (Wildman–Crippen LogP) is 3.61. The maximum Gasteiger partial charge on any atom is 0.227 e. The van der Waals surface area contributed by atoms with Gasteiger partial charge in [0.05, 0.1) is 11.0 Å². The van der Waals surface area contributed by atoms with Crippen molar-refractivity contribution < 1.29 is 4.79 Å². The number of carbonyl (C=O) groups excluding carboxylic acids is 1. The first kappa shape index (κ1) is 15.0. The molecular formula is C15H22ClNO. The number of amides is 1. The monoisotopic (exact) mass is 267 g/mol. The summed E-state index contributed by atoms with van der Waals surface area (Å²) in [7, 11) is 0. The van der Waals surface area contributed by atoms with Crippen LogP contribution in [0.15, 0.2) is 24.3 Å². The van der Waals surface area contributed by atoms with Gasteiger partial charge in [0, 0.05) is 5.88 Å². The topological polar surface area (TPSA) is 29.1 Å². The third-order valence-electron chi connectivity index (χ3n) is 3.19. The minimum Gasteiger partial charge on any atom is -0.347 e. The lowest BCUT2D eigenvalue weighted by Crippen LogP contribution is -2.48. The summed E-state index contributed by atoms with van der Waals surface area (Å²) in [4.78, 5) is 12.2. The summed E-state index contributed by atoms with van der Waals surface area (Å²) in [5, 5.41) is 3.08. The van der Waals surface area contributed by atoms with E-state index in [2.05, 4.69) is 18.3 Å². The van der Waals surface area contributed by atoms with Crippen molar-refractivity contribution in [1.82, 2.24) is 5.32 Å². The van der Waals surface area contributed by atoms with Gasteiger partial charge in [0.25, 0.3) is 0 Å². The van der Waals surface area contributed by atoms with E-state index in [0.29, 0.717) is 5.88 Å². The average Bonchev–Trinajstić information content (AvgIpc) is 2.28. The highest BCUT2D eigenvalue weighted by Gasteiger charge is 2.32. The Morgan fingerprint density at radius 2 is 1.78 bits per heavy atom. The highest BCUT2D eigenvalue weighted by molar-refractivity contribution is 6.19. The van der Waals surface area contributed by atoms with Gasteiger partial charge in [-0.15, -0.1) is 11.6 Å². The second kappa shape index (κ2) is 5.31. The smallest absolute Gasteiger partial charge is 0.227 e. The van der Waals surface area contributed by atoms with Crippen molar-refractivity contribution in [2.75, 3.05) is 5.88 Å². The lowest BCUT2D eigenvalue weighted by Gasteiger charge is -2.32. The molecule has 1 aromatic carbocycles. The van der Waals surface area contributed by atoms with Crippen LogP contribution in [-0.4, -0.2) is 11.8 Å². The summed E-state index contributed by atoms with van der Waals surface area (Å²) >= 11 is 5.83. The molecule has 0 spiro atoms. The van der Waals surface area contributed by atoms with E-state index in [9.17, 15) is 4.79 Å². The van der Waals surface area contributed by atoms with Crippen molar-refractivity contribution in [3.8, 4) is 0 Å². The predicted molar refractivity (Wildman–Crippen MR) is 76.8 cm³/mol. The minimum absolute atomic E-state index is 0.0225. The van der Waals surface area contributed by atoms with Crippen LogP contribution in [0.4, 0.5) is 0 Å². The molecule has 1 N–H and O–H groups in total. The molecule has 18 heavy (non-hydrogen) atoms. The van der Waals surface area contributed by atoms with E-state index < -0.39 is 11.0 Å². The van der Waals surface area contributed by atoms with Crippen LogP contribution in [0.1, 0.15) is 38.8 Å². The molecule has 0 aliphatic heterocycles. The molecule has 3 heteroatoms. The molecule has 0 aromatic heterocycles. The Hall–Kier alpha value is -1.02. The fraction of sp³-hybridized carbons (Fsp3) is 0.533. The van der Waals surface area contributed by atoms with Crippen LogP contribution in [0.3, 0.4) is 0 Å². The van der Waals surface area contributed by atoms with Gasteiger partial charge in [-0.2, -0.15) is 0 Å². The largest absolute Gasteiger partial charge is 0.347 e. The van der Waals surface area contributed by atoms with Gasteiger partial charge in [0.15, 0.2) is 0 Å². The third kappa shape index (κ3) is 3.26. The van der Waals surface area contributed by atoms with Crippen molar-refractivity contribution >= 4 is 17.5 Å². The van der Waals surface area contributed by atoms with Crippen molar-refractivity contribution in [3.63, 3.8) is 0 Å². The molecule has 100 valence electrons. The molecule has 0 radical (unpaired) electrons. The number of rotatable bonds is 4. The average molecular weight is 268 g/mol. The number of alkyl halides is 1. The summed E-state index contributed by atoms with van der Waals surface area (Å²) in [6.07, 6.45) is 0. The van der Waals surface area contributed by atoms with Crippen LogP contribution in [0.5, 0.6) is 0 Å². The van der Waals surface area contributed by atoms with Gasteiger partial charge in [-0.25, -0.2) is 0 Å². The molecule has 0 aliphatic carbocycles. The van der Waals surface area contributed by atoms with E-state index in [0.717, 1.165) is 5.56 Å². The second-order valence-corrected chi connectivity index (χ2v) is 6.18. The van der Waals surface area contributed by atoms with E-state index in [-0.39, 0.29) is 5.91 Å². The Labute approximate surface area is 115 Å². The molecule has 2 nitrogen and oxygen atoms in total. The number of aryl methyl sites for hydroxylation is 1. The highest BCUT2D eigenvalue weighted by atomic mass is 35.5. The second-order valence-electron chi connectivity index (χ2n) is 5.91. The Morgan fingerprint density at radius 3 is 2.28 bits per heavy atom. The van der Waals surface area contributed by atoms with E-state index in [4.69, 9.17) is 11.6 Å². The maximum atomic E-state index is 12.2. The van der Waals surface area contributed by atoms with Gasteiger partial charge in [-0.1, -0.05) is 24.3 Å². The molecule has 0 saturated heterocycles. The highest BCUT2D eigenvalue weighted by Crippen LogP contribution is 2.26. The van der Waals surface area contributed by atoms with Crippen molar-refractivity contribution in [2.24, 2.45) is 5.41 Å². The number of benzene rings is 1. The van der Waals surface area contributed by atoms with Crippen LogP contribution in [-0.2, 0) is 10.3 Å². The van der Waals surface area contributed by atoms with Gasteiger partial charge in [-0.3, -0.25) is 4.79 Å². The van der Waals surface area contributed by atoms with Gasteiger partial charge in [0.1, 0.15) is 0 Å². The summed E-state index contributed by atoms with van der Waals surface area (Å²) in [5.41, 5.74) is 1.35. The quantitative estimate of drug-likeness (QED) is 0.830. The summed E-state index contributed by atoms with van der Waals surface area (Å²) < 4.78 is 0. The standard InChI is InChI=1S/C15H22ClNO/c1-11-8-6-7-9-12(11)15(4,5)17-13(18)14(2,3)10-16/h6-9H,10H2,1-5H3,(H,17,18).